The van der Waals surface area contributed by atoms with Crippen molar-refractivity contribution in [3.05, 3.63) is 42.3 Å². The quantitative estimate of drug-likeness (QED) is 0.527. The van der Waals surface area contributed by atoms with Crippen LogP contribution in [0.2, 0.25) is 0 Å². The third-order valence-corrected chi connectivity index (χ3v) is 6.97. The fraction of sp³-hybridized carbons (Fsp3) is 0.480. The Morgan fingerprint density at radius 1 is 1.20 bits per heavy atom. The van der Waals surface area contributed by atoms with E-state index in [2.05, 4.69) is 25.4 Å². The second-order valence-electron chi connectivity index (χ2n) is 9.36. The van der Waals surface area contributed by atoms with Crippen molar-refractivity contribution >= 4 is 11.9 Å². The van der Waals surface area contributed by atoms with Crippen LogP contribution >= 0.6 is 0 Å². The van der Waals surface area contributed by atoms with Gasteiger partial charge in [0.1, 0.15) is 5.69 Å². The van der Waals surface area contributed by atoms with Crippen LogP contribution in [-0.4, -0.2) is 69.4 Å². The number of amides is 1. The number of hydrogen-bond donors (Lipinski definition) is 2. The Hall–Kier alpha value is -3.37. The van der Waals surface area contributed by atoms with Crippen molar-refractivity contribution < 1.29 is 19.2 Å². The number of pyridine rings is 1. The minimum Gasteiger partial charge on any atom is -0.381 e. The van der Waals surface area contributed by atoms with Crippen molar-refractivity contribution in [2.24, 2.45) is 5.92 Å². The van der Waals surface area contributed by atoms with Gasteiger partial charge in [-0.1, -0.05) is 17.6 Å². The highest BCUT2D eigenvalue weighted by Crippen LogP contribution is 2.34. The third kappa shape index (κ3) is 4.76. The van der Waals surface area contributed by atoms with Gasteiger partial charge in [0.2, 0.25) is 11.5 Å². The lowest BCUT2D eigenvalue weighted by Gasteiger charge is -2.28. The van der Waals surface area contributed by atoms with E-state index in [1.54, 1.807) is 32.5 Å². The average molecular weight is 479 g/mol. The smallest absolute Gasteiger partial charge is 0.262 e. The van der Waals surface area contributed by atoms with Crippen LogP contribution in [0.25, 0.3) is 22.8 Å². The van der Waals surface area contributed by atoms with Crippen LogP contribution in [0.4, 0.5) is 5.95 Å². The zero-order chi connectivity index (χ0) is 24.4. The maximum absolute atomic E-state index is 12.4. The lowest BCUT2D eigenvalue weighted by molar-refractivity contribution is -0.144. The van der Waals surface area contributed by atoms with Crippen LogP contribution in [0.15, 0.2) is 41.1 Å². The van der Waals surface area contributed by atoms with E-state index in [4.69, 9.17) is 9.26 Å². The highest BCUT2D eigenvalue weighted by atomic mass is 16.5. The molecule has 1 amide bonds. The van der Waals surface area contributed by atoms with Crippen LogP contribution in [-0.2, 0) is 15.1 Å². The van der Waals surface area contributed by atoms with E-state index >= 15 is 0 Å². The topological polar surface area (TPSA) is 126 Å². The number of likely N-dealkylation sites (tertiary alicyclic amines) is 1. The summed E-state index contributed by atoms with van der Waals surface area (Å²) >= 11 is 0. The number of nitrogens with one attached hydrogen (secondary N) is 1. The molecule has 10 nitrogen and oxygen atoms in total. The number of anilines is 1. The number of methoxy groups -OCH3 is 1. The molecule has 3 unspecified atom stereocenters. The fourth-order valence-electron chi connectivity index (χ4n) is 4.86. The molecule has 1 saturated heterocycles. The van der Waals surface area contributed by atoms with E-state index in [0.717, 1.165) is 19.4 Å². The van der Waals surface area contributed by atoms with Crippen molar-refractivity contribution in [3.63, 3.8) is 0 Å². The van der Waals surface area contributed by atoms with Crippen LogP contribution in [0.5, 0.6) is 0 Å². The molecule has 5 rings (SSSR count). The largest absolute Gasteiger partial charge is 0.381 e. The van der Waals surface area contributed by atoms with E-state index in [1.165, 1.54) is 17.7 Å². The first-order chi connectivity index (χ1) is 17.0. The number of carbonyl (C=O) groups is 1. The molecular weight excluding hydrogens is 448 g/mol. The summed E-state index contributed by atoms with van der Waals surface area (Å²) in [5.41, 5.74) is 0.644. The van der Waals surface area contributed by atoms with E-state index in [1.807, 2.05) is 18.2 Å². The molecule has 10 heteroatoms. The molecule has 0 bridgehead atoms. The molecule has 1 aliphatic carbocycles. The molecule has 184 valence electrons. The monoisotopic (exact) mass is 478 g/mol. The Labute approximate surface area is 203 Å². The van der Waals surface area contributed by atoms with Crippen LogP contribution < -0.4 is 5.32 Å². The Bertz CT molecular complexity index is 1200. The zero-order valence-corrected chi connectivity index (χ0v) is 20.0. The molecule has 1 saturated carbocycles. The number of rotatable bonds is 7. The molecule has 2 fully saturated rings. The summed E-state index contributed by atoms with van der Waals surface area (Å²) in [4.78, 5) is 27.6. The molecule has 3 aromatic heterocycles. The third-order valence-electron chi connectivity index (χ3n) is 6.97. The zero-order valence-electron chi connectivity index (χ0n) is 20.0. The van der Waals surface area contributed by atoms with Gasteiger partial charge >= 0.3 is 0 Å². The van der Waals surface area contributed by atoms with Gasteiger partial charge in [-0.2, -0.15) is 0 Å². The van der Waals surface area contributed by atoms with Crippen LogP contribution in [0.1, 0.15) is 37.9 Å². The van der Waals surface area contributed by atoms with Crippen LogP contribution in [0, 0.1) is 5.92 Å². The Morgan fingerprint density at radius 3 is 2.77 bits per heavy atom. The van der Waals surface area contributed by atoms with E-state index in [0.29, 0.717) is 47.3 Å². The van der Waals surface area contributed by atoms with Crippen LogP contribution in [0.3, 0.4) is 0 Å². The highest BCUT2D eigenvalue weighted by molar-refractivity contribution is 5.87. The molecule has 4 heterocycles. The molecule has 2 N–H and O–H groups in total. The van der Waals surface area contributed by atoms with Gasteiger partial charge in [0.05, 0.1) is 23.2 Å². The minimum atomic E-state index is -1.69. The summed E-state index contributed by atoms with van der Waals surface area (Å²) in [6.07, 6.45) is 6.82. The first kappa shape index (κ1) is 23.4. The number of likely N-dealkylation sites (N-methyl/N-ethyl adjacent to an activating group) is 1. The van der Waals surface area contributed by atoms with Gasteiger partial charge in [-0.05, 0) is 43.4 Å². The maximum Gasteiger partial charge on any atom is 0.262 e. The van der Waals surface area contributed by atoms with Gasteiger partial charge in [-0.15, -0.1) is 0 Å². The van der Waals surface area contributed by atoms with Gasteiger partial charge in [0.25, 0.3) is 5.91 Å². The Kier molecular flexibility index (Phi) is 6.48. The molecule has 3 aromatic rings. The number of hydrogen-bond acceptors (Lipinski definition) is 9. The van der Waals surface area contributed by atoms with E-state index in [-0.39, 0.29) is 12.2 Å². The van der Waals surface area contributed by atoms with Gasteiger partial charge in [-0.25, -0.2) is 15.0 Å². The van der Waals surface area contributed by atoms with Crippen molar-refractivity contribution in [3.8, 4) is 22.8 Å². The molecule has 0 radical (unpaired) electrons. The Morgan fingerprint density at radius 2 is 2.00 bits per heavy atom. The Balaban J connectivity index is 1.31. The molecule has 35 heavy (non-hydrogen) atoms. The second-order valence-corrected chi connectivity index (χ2v) is 9.36. The van der Waals surface area contributed by atoms with E-state index in [9.17, 15) is 9.90 Å². The van der Waals surface area contributed by atoms with Gasteiger partial charge in [0.15, 0.2) is 5.76 Å². The fourth-order valence-corrected chi connectivity index (χ4v) is 4.86. The summed E-state index contributed by atoms with van der Waals surface area (Å²) < 4.78 is 10.9. The van der Waals surface area contributed by atoms with Gasteiger partial charge < -0.3 is 24.6 Å². The summed E-state index contributed by atoms with van der Waals surface area (Å²) in [5, 5.41) is 18.2. The molecule has 3 atom stereocenters. The number of ether oxygens (including phenoxy) is 1. The summed E-state index contributed by atoms with van der Waals surface area (Å²) in [7, 11) is 3.43. The lowest BCUT2D eigenvalue weighted by atomic mass is 9.87. The van der Waals surface area contributed by atoms with Crippen molar-refractivity contribution in [2.75, 3.05) is 32.6 Å². The summed E-state index contributed by atoms with van der Waals surface area (Å²) in [5.74, 6) is 0.823. The molecule has 0 spiro atoms. The first-order valence-electron chi connectivity index (χ1n) is 12.0. The lowest BCUT2D eigenvalue weighted by Crippen LogP contribution is -2.35. The first-order valence-corrected chi connectivity index (χ1v) is 12.0. The predicted octanol–water partition coefficient (Wildman–Crippen LogP) is 2.86. The second kappa shape index (κ2) is 9.71. The number of aliphatic hydroxyl groups is 1. The predicted molar refractivity (Wildman–Crippen MR) is 128 cm³/mol. The molecule has 1 aliphatic heterocycles. The normalized spacial score (nSPS) is 24.7. The standard InChI is InChI=1S/C25H30N6O4/c1-31-12-10-25(33,23(31)32)22-14-21(30-35-22)19-8-4-7-18(28-19)20-9-11-26-24(29-20)27-15-16-5-3-6-17(13-16)34-2/h4,7-9,11,14,16-17,33H,3,5-6,10,12-13,15H2,1-2H3,(H,26,27,29). The molecule has 0 aromatic carbocycles. The SMILES string of the molecule is COC1CCCC(CNc2nccc(-c3cccc(-c4cc(C5(O)CCN(C)C5=O)on4)n3)n2)C1. The average Bonchev–Trinajstić information content (AvgIpc) is 3.50. The minimum absolute atomic E-state index is 0.126. The van der Waals surface area contributed by atoms with Crippen molar-refractivity contribution in [1.82, 2.24) is 25.0 Å². The molecule has 2 aliphatic rings. The molecular formula is C25H30N6O4. The summed E-state index contributed by atoms with van der Waals surface area (Å²) in [6, 6.07) is 8.91. The number of carbonyl (C=O) groups excluding carboxylic acids is 1. The van der Waals surface area contributed by atoms with Crippen molar-refractivity contribution in [2.45, 2.75) is 43.8 Å². The van der Waals surface area contributed by atoms with E-state index < -0.39 is 11.5 Å². The van der Waals surface area contributed by atoms with Gasteiger partial charge in [0, 0.05) is 45.9 Å². The van der Waals surface area contributed by atoms with Gasteiger partial charge in [-0.3, -0.25) is 4.79 Å². The number of aromatic nitrogens is 4. The summed E-state index contributed by atoms with van der Waals surface area (Å²) in [6.45, 7) is 1.26. The maximum atomic E-state index is 12.4. The highest BCUT2D eigenvalue weighted by Gasteiger charge is 2.48. The van der Waals surface area contributed by atoms with Crippen molar-refractivity contribution in [1.29, 1.82) is 0 Å². The number of nitrogens with zero attached hydrogens (tertiary/aromatic N) is 5.